The van der Waals surface area contributed by atoms with E-state index in [4.69, 9.17) is 21.1 Å². The molecular weight excluding hydrogens is 386 g/mol. The molecule has 0 spiro atoms. The van der Waals surface area contributed by atoms with Crippen molar-refractivity contribution in [2.75, 3.05) is 13.7 Å². The van der Waals surface area contributed by atoms with Crippen LogP contribution in [0.1, 0.15) is 23.9 Å². The highest BCUT2D eigenvalue weighted by molar-refractivity contribution is 7.19. The molecule has 3 aromatic rings. The third-order valence-electron chi connectivity index (χ3n) is 3.79. The van der Waals surface area contributed by atoms with Crippen LogP contribution in [0.2, 0.25) is 5.02 Å². The SMILES string of the molecule is CCOc1cc(/C=C(\CC(=O)O)c2nc3ccccc3s2)cc(Cl)c1OC. The van der Waals surface area contributed by atoms with Crippen molar-refractivity contribution in [3.63, 3.8) is 0 Å². The molecule has 0 atom stereocenters. The number of carboxylic acids is 1. The largest absolute Gasteiger partial charge is 0.491 e. The number of hydrogen-bond acceptors (Lipinski definition) is 5. The molecule has 7 heteroatoms. The zero-order valence-electron chi connectivity index (χ0n) is 14.9. The highest BCUT2D eigenvalue weighted by Gasteiger charge is 2.15. The Balaban J connectivity index is 2.09. The number of carboxylic acid groups (broad SMARTS) is 1. The molecule has 0 aliphatic rings. The van der Waals surface area contributed by atoms with E-state index in [9.17, 15) is 9.90 Å². The molecule has 1 heterocycles. The van der Waals surface area contributed by atoms with E-state index in [1.54, 1.807) is 18.2 Å². The number of aliphatic carboxylic acids is 1. The number of aromatic nitrogens is 1. The van der Waals surface area contributed by atoms with Crippen molar-refractivity contribution in [3.8, 4) is 11.5 Å². The molecule has 0 radical (unpaired) electrons. The predicted molar refractivity (Wildman–Crippen MR) is 109 cm³/mol. The Morgan fingerprint density at radius 2 is 2.11 bits per heavy atom. The van der Waals surface area contributed by atoms with Gasteiger partial charge < -0.3 is 14.6 Å². The molecular formula is C20H18ClNO4S. The fourth-order valence-electron chi connectivity index (χ4n) is 2.69. The lowest BCUT2D eigenvalue weighted by Gasteiger charge is -2.12. The van der Waals surface area contributed by atoms with Crippen molar-refractivity contribution in [2.45, 2.75) is 13.3 Å². The highest BCUT2D eigenvalue weighted by atomic mass is 35.5. The van der Waals surface area contributed by atoms with Gasteiger partial charge in [-0.05, 0) is 48.4 Å². The van der Waals surface area contributed by atoms with Crippen LogP contribution < -0.4 is 9.47 Å². The quantitative estimate of drug-likeness (QED) is 0.574. The van der Waals surface area contributed by atoms with Crippen LogP contribution in [0, 0.1) is 0 Å². The second-order valence-corrected chi connectivity index (χ2v) is 7.13. The highest BCUT2D eigenvalue weighted by Crippen LogP contribution is 2.38. The molecule has 1 aromatic heterocycles. The van der Waals surface area contributed by atoms with Gasteiger partial charge in [-0.25, -0.2) is 4.98 Å². The lowest BCUT2D eigenvalue weighted by molar-refractivity contribution is -0.135. The molecule has 0 aliphatic heterocycles. The van der Waals surface area contributed by atoms with E-state index in [0.29, 0.717) is 33.7 Å². The molecule has 0 aliphatic carbocycles. The fourth-order valence-corrected chi connectivity index (χ4v) is 3.97. The van der Waals surface area contributed by atoms with Gasteiger partial charge in [-0.1, -0.05) is 23.7 Å². The van der Waals surface area contributed by atoms with Crippen LogP contribution in [-0.2, 0) is 4.79 Å². The maximum atomic E-state index is 11.4. The molecule has 0 bridgehead atoms. The summed E-state index contributed by atoms with van der Waals surface area (Å²) in [6.45, 7) is 2.33. The van der Waals surface area contributed by atoms with Crippen molar-refractivity contribution in [1.82, 2.24) is 4.98 Å². The summed E-state index contributed by atoms with van der Waals surface area (Å²) in [6.07, 6.45) is 1.63. The Morgan fingerprint density at radius 1 is 1.33 bits per heavy atom. The van der Waals surface area contributed by atoms with E-state index in [0.717, 1.165) is 15.8 Å². The van der Waals surface area contributed by atoms with Gasteiger partial charge in [0, 0.05) is 0 Å². The van der Waals surface area contributed by atoms with Crippen molar-refractivity contribution in [2.24, 2.45) is 0 Å². The van der Waals surface area contributed by atoms with Crippen LogP contribution in [0.15, 0.2) is 36.4 Å². The van der Waals surface area contributed by atoms with E-state index in [1.807, 2.05) is 31.2 Å². The minimum absolute atomic E-state index is 0.145. The zero-order chi connectivity index (χ0) is 19.4. The topological polar surface area (TPSA) is 68.7 Å². The molecule has 5 nitrogen and oxygen atoms in total. The molecule has 0 amide bonds. The zero-order valence-corrected chi connectivity index (χ0v) is 16.4. The van der Waals surface area contributed by atoms with E-state index < -0.39 is 5.97 Å². The van der Waals surface area contributed by atoms with Crippen LogP contribution >= 0.6 is 22.9 Å². The summed E-state index contributed by atoms with van der Waals surface area (Å²) in [7, 11) is 1.52. The van der Waals surface area contributed by atoms with Crippen molar-refractivity contribution in [1.29, 1.82) is 0 Å². The van der Waals surface area contributed by atoms with Crippen molar-refractivity contribution < 1.29 is 19.4 Å². The van der Waals surface area contributed by atoms with E-state index >= 15 is 0 Å². The minimum atomic E-state index is -0.926. The number of ether oxygens (including phenoxy) is 2. The van der Waals surface area contributed by atoms with Gasteiger partial charge in [-0.3, -0.25) is 4.79 Å². The van der Waals surface area contributed by atoms with Gasteiger partial charge in [0.15, 0.2) is 11.5 Å². The number of fused-ring (bicyclic) bond motifs is 1. The average molecular weight is 404 g/mol. The smallest absolute Gasteiger partial charge is 0.307 e. The number of methoxy groups -OCH3 is 1. The van der Waals surface area contributed by atoms with Gasteiger partial charge in [0.1, 0.15) is 5.01 Å². The lowest BCUT2D eigenvalue weighted by Crippen LogP contribution is -1.98. The molecule has 1 N–H and O–H groups in total. The number of thiazole rings is 1. The third-order valence-corrected chi connectivity index (χ3v) is 5.18. The summed E-state index contributed by atoms with van der Waals surface area (Å²) >= 11 is 7.77. The maximum Gasteiger partial charge on any atom is 0.307 e. The Labute approximate surface area is 165 Å². The van der Waals surface area contributed by atoms with Crippen molar-refractivity contribution in [3.05, 3.63) is 52.0 Å². The number of rotatable bonds is 7. The monoisotopic (exact) mass is 403 g/mol. The molecule has 27 heavy (non-hydrogen) atoms. The first-order valence-corrected chi connectivity index (χ1v) is 9.50. The summed E-state index contributed by atoms with van der Waals surface area (Å²) in [5.74, 6) is 0.0401. The molecule has 0 saturated heterocycles. The maximum absolute atomic E-state index is 11.4. The van der Waals surface area contributed by atoms with Gasteiger partial charge in [-0.2, -0.15) is 0 Å². The summed E-state index contributed by atoms with van der Waals surface area (Å²) in [4.78, 5) is 16.0. The number of para-hydroxylation sites is 1. The molecule has 0 fully saturated rings. The van der Waals surface area contributed by atoms with Gasteiger partial charge in [0.2, 0.25) is 0 Å². The van der Waals surface area contributed by atoms with E-state index in [-0.39, 0.29) is 6.42 Å². The first-order valence-electron chi connectivity index (χ1n) is 8.30. The second-order valence-electron chi connectivity index (χ2n) is 5.69. The lowest BCUT2D eigenvalue weighted by atomic mass is 10.1. The Morgan fingerprint density at radius 3 is 2.78 bits per heavy atom. The molecule has 2 aromatic carbocycles. The second kappa shape index (κ2) is 8.41. The summed E-state index contributed by atoms with van der Waals surface area (Å²) in [5, 5.41) is 10.4. The molecule has 3 rings (SSSR count). The number of nitrogens with zero attached hydrogens (tertiary/aromatic N) is 1. The van der Waals surface area contributed by atoms with Gasteiger partial charge in [0.05, 0.1) is 35.4 Å². The van der Waals surface area contributed by atoms with E-state index in [2.05, 4.69) is 4.98 Å². The van der Waals surface area contributed by atoms with Gasteiger partial charge in [-0.15, -0.1) is 11.3 Å². The van der Waals surface area contributed by atoms with Crippen LogP contribution in [-0.4, -0.2) is 29.8 Å². The van der Waals surface area contributed by atoms with Crippen LogP contribution in [0.3, 0.4) is 0 Å². The third kappa shape index (κ3) is 4.40. The van der Waals surface area contributed by atoms with Crippen LogP contribution in [0.25, 0.3) is 21.9 Å². The number of halogens is 1. The number of hydrogen-bond donors (Lipinski definition) is 1. The first-order chi connectivity index (χ1) is 13.0. The predicted octanol–water partition coefficient (Wildman–Crippen LogP) is 5.37. The van der Waals surface area contributed by atoms with Gasteiger partial charge in [0.25, 0.3) is 0 Å². The molecule has 0 saturated carbocycles. The summed E-state index contributed by atoms with van der Waals surface area (Å²) < 4.78 is 11.9. The normalized spacial score (nSPS) is 11.6. The first kappa shape index (κ1) is 19.2. The Bertz CT molecular complexity index is 979. The van der Waals surface area contributed by atoms with Crippen LogP contribution in [0.4, 0.5) is 0 Å². The molecule has 0 unspecified atom stereocenters. The Hall–Kier alpha value is -2.57. The number of benzene rings is 2. The van der Waals surface area contributed by atoms with Crippen LogP contribution in [0.5, 0.6) is 11.5 Å². The van der Waals surface area contributed by atoms with Gasteiger partial charge >= 0.3 is 5.97 Å². The van der Waals surface area contributed by atoms with E-state index in [1.165, 1.54) is 18.4 Å². The standard InChI is InChI=1S/C20H18ClNO4S/c1-3-26-16-10-12(9-14(21)19(16)25-2)8-13(11-18(23)24)20-22-15-6-4-5-7-17(15)27-20/h4-10H,3,11H2,1-2H3,(H,23,24)/b13-8+. The Kier molecular flexibility index (Phi) is 5.98. The molecule has 140 valence electrons. The van der Waals surface area contributed by atoms with Crippen molar-refractivity contribution >= 4 is 50.8 Å². The fraction of sp³-hybridized carbons (Fsp3) is 0.200. The average Bonchev–Trinajstić information content (AvgIpc) is 3.05. The summed E-state index contributed by atoms with van der Waals surface area (Å²) in [5.41, 5.74) is 2.17. The summed E-state index contributed by atoms with van der Waals surface area (Å²) in [6, 6.07) is 11.2. The minimum Gasteiger partial charge on any atom is -0.491 e. The number of carbonyl (C=O) groups is 1.